The van der Waals surface area contributed by atoms with Crippen molar-refractivity contribution in [1.29, 1.82) is 0 Å². The molecular weight excluding hydrogens is 230 g/mol. The third-order valence-corrected chi connectivity index (χ3v) is 2.62. The van der Waals surface area contributed by atoms with Crippen molar-refractivity contribution in [2.45, 2.75) is 32.2 Å². The first-order valence-corrected chi connectivity index (χ1v) is 5.48. The number of rotatable bonds is 5. The summed E-state index contributed by atoms with van der Waals surface area (Å²) in [6.07, 6.45) is 2.09. The molecule has 0 aromatic rings. The Morgan fingerprint density at radius 3 is 2.75 bits per heavy atom. The van der Waals surface area contributed by atoms with E-state index < -0.39 is 0 Å². The van der Waals surface area contributed by atoms with Crippen molar-refractivity contribution in [3.05, 3.63) is 0 Å². The first-order chi connectivity index (χ1) is 7.20. The fraction of sp³-hybridized carbons (Fsp3) is 0.800. The van der Waals surface area contributed by atoms with E-state index in [0.29, 0.717) is 32.5 Å². The van der Waals surface area contributed by atoms with Gasteiger partial charge in [-0.1, -0.05) is 6.92 Å². The van der Waals surface area contributed by atoms with Crippen LogP contribution in [0.15, 0.2) is 0 Å². The number of carbonyl (C=O) groups excluding carboxylic acids is 2. The van der Waals surface area contributed by atoms with Crippen molar-refractivity contribution in [2.24, 2.45) is 5.73 Å². The monoisotopic (exact) mass is 249 g/mol. The number of nitrogens with zero attached hydrogens (tertiary/aromatic N) is 1. The van der Waals surface area contributed by atoms with Crippen LogP contribution in [-0.4, -0.2) is 42.4 Å². The smallest absolute Gasteiger partial charge is 0.242 e. The number of amides is 2. The Balaban J connectivity index is 0.00000225. The molecule has 3 N–H and O–H groups in total. The number of nitrogens with one attached hydrogen (secondary N) is 1. The standard InChI is InChI=1S/C10H19N3O2.ClH/c1-2-8(10(15)12-6-5-11)13-7-3-4-9(13)14;/h8H,2-7,11H2,1H3,(H,12,15);1H. The number of nitrogens with two attached hydrogens (primary N) is 1. The lowest BCUT2D eigenvalue weighted by Gasteiger charge is -2.25. The molecule has 0 saturated carbocycles. The number of hydrogen-bond donors (Lipinski definition) is 2. The second kappa shape index (κ2) is 7.46. The van der Waals surface area contributed by atoms with Crippen molar-refractivity contribution in [1.82, 2.24) is 10.2 Å². The average Bonchev–Trinajstić information content (AvgIpc) is 2.63. The fourth-order valence-corrected chi connectivity index (χ4v) is 1.86. The zero-order valence-corrected chi connectivity index (χ0v) is 10.4. The number of hydrogen-bond acceptors (Lipinski definition) is 3. The number of carbonyl (C=O) groups is 2. The van der Waals surface area contributed by atoms with E-state index in [0.717, 1.165) is 6.42 Å². The molecule has 5 nitrogen and oxygen atoms in total. The van der Waals surface area contributed by atoms with Gasteiger partial charge in [-0.15, -0.1) is 12.4 Å². The predicted octanol–water partition coefficient (Wildman–Crippen LogP) is -0.116. The van der Waals surface area contributed by atoms with Crippen LogP contribution in [0.1, 0.15) is 26.2 Å². The highest BCUT2D eigenvalue weighted by atomic mass is 35.5. The summed E-state index contributed by atoms with van der Waals surface area (Å²) in [6.45, 7) is 3.51. The topological polar surface area (TPSA) is 75.4 Å². The lowest BCUT2D eigenvalue weighted by Crippen LogP contribution is -2.48. The third-order valence-electron chi connectivity index (χ3n) is 2.62. The Kier molecular flexibility index (Phi) is 7.08. The summed E-state index contributed by atoms with van der Waals surface area (Å²) in [7, 11) is 0. The zero-order valence-electron chi connectivity index (χ0n) is 9.57. The summed E-state index contributed by atoms with van der Waals surface area (Å²) in [5.41, 5.74) is 5.30. The predicted molar refractivity (Wildman–Crippen MR) is 64.3 cm³/mol. The van der Waals surface area contributed by atoms with Gasteiger partial charge in [-0.25, -0.2) is 0 Å². The summed E-state index contributed by atoms with van der Waals surface area (Å²) >= 11 is 0. The Morgan fingerprint density at radius 2 is 2.31 bits per heavy atom. The van der Waals surface area contributed by atoms with Gasteiger partial charge in [0.25, 0.3) is 0 Å². The zero-order chi connectivity index (χ0) is 11.3. The van der Waals surface area contributed by atoms with Gasteiger partial charge in [0.15, 0.2) is 0 Å². The van der Waals surface area contributed by atoms with Crippen LogP contribution in [0.4, 0.5) is 0 Å². The van der Waals surface area contributed by atoms with Crippen LogP contribution < -0.4 is 11.1 Å². The van der Waals surface area contributed by atoms with Gasteiger partial charge in [0, 0.05) is 26.1 Å². The normalized spacial score (nSPS) is 16.9. The third kappa shape index (κ3) is 3.64. The summed E-state index contributed by atoms with van der Waals surface area (Å²) in [4.78, 5) is 24.9. The van der Waals surface area contributed by atoms with E-state index in [-0.39, 0.29) is 30.3 Å². The lowest BCUT2D eigenvalue weighted by atomic mass is 10.2. The molecule has 1 atom stereocenters. The van der Waals surface area contributed by atoms with Crippen LogP contribution in [0, 0.1) is 0 Å². The minimum atomic E-state index is -0.313. The Labute approximate surface area is 102 Å². The molecule has 1 aliphatic rings. The minimum Gasteiger partial charge on any atom is -0.353 e. The van der Waals surface area contributed by atoms with Gasteiger partial charge in [-0.05, 0) is 12.8 Å². The van der Waals surface area contributed by atoms with E-state index in [1.165, 1.54) is 0 Å². The average molecular weight is 250 g/mol. The van der Waals surface area contributed by atoms with Gasteiger partial charge in [0.05, 0.1) is 0 Å². The van der Waals surface area contributed by atoms with Gasteiger partial charge in [-0.2, -0.15) is 0 Å². The summed E-state index contributed by atoms with van der Waals surface area (Å²) < 4.78 is 0. The fourth-order valence-electron chi connectivity index (χ4n) is 1.86. The summed E-state index contributed by atoms with van der Waals surface area (Å²) in [5.74, 6) is 0.00273. The molecule has 1 fully saturated rings. The molecule has 2 amide bonds. The van der Waals surface area contributed by atoms with Gasteiger partial charge < -0.3 is 16.0 Å². The lowest BCUT2D eigenvalue weighted by molar-refractivity contribution is -0.137. The van der Waals surface area contributed by atoms with Gasteiger partial charge in [0.2, 0.25) is 11.8 Å². The van der Waals surface area contributed by atoms with Crippen molar-refractivity contribution in [3.63, 3.8) is 0 Å². The van der Waals surface area contributed by atoms with Crippen molar-refractivity contribution in [2.75, 3.05) is 19.6 Å². The molecule has 0 spiro atoms. The van der Waals surface area contributed by atoms with E-state index >= 15 is 0 Å². The van der Waals surface area contributed by atoms with Crippen LogP contribution in [0.2, 0.25) is 0 Å². The molecule has 0 aliphatic carbocycles. The Bertz CT molecular complexity index is 248. The summed E-state index contributed by atoms with van der Waals surface area (Å²) in [6, 6.07) is -0.313. The van der Waals surface area contributed by atoms with Crippen molar-refractivity contribution >= 4 is 24.2 Å². The minimum absolute atomic E-state index is 0. The Morgan fingerprint density at radius 1 is 1.62 bits per heavy atom. The first kappa shape index (κ1) is 15.2. The molecule has 16 heavy (non-hydrogen) atoms. The van der Waals surface area contributed by atoms with Crippen LogP contribution in [-0.2, 0) is 9.59 Å². The number of halogens is 1. The molecule has 1 saturated heterocycles. The molecule has 0 aromatic carbocycles. The molecule has 94 valence electrons. The van der Waals surface area contributed by atoms with Gasteiger partial charge in [0.1, 0.15) is 6.04 Å². The van der Waals surface area contributed by atoms with Crippen LogP contribution in [0.25, 0.3) is 0 Å². The maximum absolute atomic E-state index is 11.7. The maximum Gasteiger partial charge on any atom is 0.242 e. The molecular formula is C10H20ClN3O2. The van der Waals surface area contributed by atoms with Crippen LogP contribution in [0.3, 0.4) is 0 Å². The highest BCUT2D eigenvalue weighted by molar-refractivity contribution is 5.88. The van der Waals surface area contributed by atoms with E-state index in [1.807, 2.05) is 6.92 Å². The quantitative estimate of drug-likeness (QED) is 0.714. The van der Waals surface area contributed by atoms with Gasteiger partial charge in [-0.3, -0.25) is 9.59 Å². The largest absolute Gasteiger partial charge is 0.353 e. The molecule has 1 unspecified atom stereocenters. The number of likely N-dealkylation sites (tertiary alicyclic amines) is 1. The van der Waals surface area contributed by atoms with Crippen molar-refractivity contribution < 1.29 is 9.59 Å². The van der Waals surface area contributed by atoms with E-state index in [2.05, 4.69) is 5.32 Å². The maximum atomic E-state index is 11.7. The van der Waals surface area contributed by atoms with Gasteiger partial charge >= 0.3 is 0 Å². The molecule has 0 aromatic heterocycles. The molecule has 1 rings (SSSR count). The molecule has 0 radical (unpaired) electrons. The van der Waals surface area contributed by atoms with E-state index in [1.54, 1.807) is 4.90 Å². The molecule has 6 heteroatoms. The highest BCUT2D eigenvalue weighted by Gasteiger charge is 2.30. The first-order valence-electron chi connectivity index (χ1n) is 5.48. The van der Waals surface area contributed by atoms with E-state index in [9.17, 15) is 9.59 Å². The van der Waals surface area contributed by atoms with Crippen LogP contribution >= 0.6 is 12.4 Å². The Hall–Kier alpha value is -0.810. The second-order valence-electron chi connectivity index (χ2n) is 3.69. The van der Waals surface area contributed by atoms with Crippen LogP contribution in [0.5, 0.6) is 0 Å². The molecule has 1 heterocycles. The van der Waals surface area contributed by atoms with E-state index in [4.69, 9.17) is 5.73 Å². The molecule has 1 aliphatic heterocycles. The highest BCUT2D eigenvalue weighted by Crippen LogP contribution is 2.15. The van der Waals surface area contributed by atoms with Crippen molar-refractivity contribution in [3.8, 4) is 0 Å². The molecule has 0 bridgehead atoms. The second-order valence-corrected chi connectivity index (χ2v) is 3.69. The summed E-state index contributed by atoms with van der Waals surface area (Å²) in [5, 5.41) is 2.72. The SMILES string of the molecule is CCC(C(=O)NCCN)N1CCCC1=O.Cl.